The van der Waals surface area contributed by atoms with Crippen LogP contribution in [0.25, 0.3) is 0 Å². The summed E-state index contributed by atoms with van der Waals surface area (Å²) < 4.78 is 12.8. The quantitative estimate of drug-likeness (QED) is 0.775. The van der Waals surface area contributed by atoms with Crippen LogP contribution in [0.15, 0.2) is 6.20 Å². The lowest BCUT2D eigenvalue weighted by Crippen LogP contribution is -2.15. The summed E-state index contributed by atoms with van der Waals surface area (Å²) in [6, 6.07) is 0. The van der Waals surface area contributed by atoms with Crippen LogP contribution in [-0.4, -0.2) is 32.0 Å². The van der Waals surface area contributed by atoms with Gasteiger partial charge in [-0.3, -0.25) is 8.89 Å². The Kier molecular flexibility index (Phi) is 4.14. The number of anilines is 2. The summed E-state index contributed by atoms with van der Waals surface area (Å²) in [5.41, 5.74) is 6.35. The van der Waals surface area contributed by atoms with Gasteiger partial charge in [-0.2, -0.15) is 5.10 Å². The van der Waals surface area contributed by atoms with Crippen molar-refractivity contribution < 1.29 is 4.21 Å². The smallest absolute Gasteiger partial charge is 0.171 e. The van der Waals surface area contributed by atoms with Gasteiger partial charge in [0.2, 0.25) is 0 Å². The lowest BCUT2D eigenvalue weighted by atomic mass is 10.3. The van der Waals surface area contributed by atoms with Gasteiger partial charge in [-0.25, -0.2) is 0 Å². The van der Waals surface area contributed by atoms with Crippen molar-refractivity contribution in [1.29, 1.82) is 0 Å². The molecule has 6 heteroatoms. The van der Waals surface area contributed by atoms with E-state index in [1.165, 1.54) is 0 Å². The predicted octanol–water partition coefficient (Wildman–Crippen LogP) is 0.571. The van der Waals surface area contributed by atoms with Crippen molar-refractivity contribution in [3.05, 3.63) is 6.20 Å². The molecule has 2 atom stereocenters. The Hall–Kier alpha value is -1.04. The fraction of sp³-hybridized carbons (Fsp3) is 0.667. The highest BCUT2D eigenvalue weighted by Gasteiger charge is 2.07. The molecule has 5 nitrogen and oxygen atoms in total. The molecular formula is C9H18N4OS. The maximum atomic E-state index is 11.1. The highest BCUT2D eigenvalue weighted by molar-refractivity contribution is 7.84. The summed E-state index contributed by atoms with van der Waals surface area (Å²) in [4.78, 5) is 0. The number of hydrogen-bond acceptors (Lipinski definition) is 4. The largest absolute Gasteiger partial charge is 0.394 e. The molecule has 1 aromatic heterocycles. The Morgan fingerprint density at radius 2 is 2.40 bits per heavy atom. The minimum absolute atomic E-state index is 0.197. The first-order chi connectivity index (χ1) is 7.00. The predicted molar refractivity (Wildman–Crippen MR) is 64.3 cm³/mol. The highest BCUT2D eigenvalue weighted by Crippen LogP contribution is 2.14. The summed E-state index contributed by atoms with van der Waals surface area (Å²) >= 11 is 0. The number of aromatic nitrogens is 2. The van der Waals surface area contributed by atoms with E-state index in [-0.39, 0.29) is 5.25 Å². The molecule has 1 heterocycles. The van der Waals surface area contributed by atoms with Gasteiger partial charge < -0.3 is 11.1 Å². The summed E-state index contributed by atoms with van der Waals surface area (Å²) in [6.45, 7) is 2.71. The van der Waals surface area contributed by atoms with E-state index in [0.717, 1.165) is 13.0 Å². The molecule has 2 unspecified atom stereocenters. The zero-order chi connectivity index (χ0) is 11.4. The van der Waals surface area contributed by atoms with Crippen LogP contribution in [0.5, 0.6) is 0 Å². The molecule has 0 aliphatic carbocycles. The minimum atomic E-state index is -0.765. The Bertz CT molecular complexity index is 350. The molecule has 0 radical (unpaired) electrons. The molecule has 0 saturated carbocycles. The van der Waals surface area contributed by atoms with Crippen LogP contribution < -0.4 is 11.1 Å². The maximum absolute atomic E-state index is 11.1. The number of nitrogens with two attached hydrogens (primary N) is 1. The third kappa shape index (κ3) is 3.54. The van der Waals surface area contributed by atoms with Crippen LogP contribution in [0, 0.1) is 0 Å². The van der Waals surface area contributed by atoms with Gasteiger partial charge in [0.25, 0.3) is 0 Å². The molecule has 1 rings (SSSR count). The average Bonchev–Trinajstić information content (AvgIpc) is 2.45. The Morgan fingerprint density at radius 3 is 2.87 bits per heavy atom. The molecule has 0 bridgehead atoms. The fourth-order valence-electron chi connectivity index (χ4n) is 1.20. The van der Waals surface area contributed by atoms with Crippen molar-refractivity contribution in [2.45, 2.75) is 18.6 Å². The van der Waals surface area contributed by atoms with Crippen LogP contribution in [0.4, 0.5) is 11.5 Å². The number of nitrogens with zero attached hydrogens (tertiary/aromatic N) is 2. The van der Waals surface area contributed by atoms with Gasteiger partial charge in [0.1, 0.15) is 0 Å². The van der Waals surface area contributed by atoms with Crippen molar-refractivity contribution in [2.75, 3.05) is 23.9 Å². The molecular weight excluding hydrogens is 212 g/mol. The number of nitrogen functional groups attached to an aromatic ring is 1. The van der Waals surface area contributed by atoms with Gasteiger partial charge in [0.05, 0.1) is 5.69 Å². The van der Waals surface area contributed by atoms with Gasteiger partial charge in [-0.15, -0.1) is 0 Å². The molecule has 0 aromatic carbocycles. The maximum Gasteiger partial charge on any atom is 0.171 e. The van der Waals surface area contributed by atoms with Gasteiger partial charge in [-0.1, -0.05) is 6.92 Å². The second kappa shape index (κ2) is 5.16. The van der Waals surface area contributed by atoms with E-state index in [2.05, 4.69) is 10.4 Å². The van der Waals surface area contributed by atoms with Crippen molar-refractivity contribution in [1.82, 2.24) is 9.78 Å². The Morgan fingerprint density at radius 1 is 1.73 bits per heavy atom. The van der Waals surface area contributed by atoms with E-state index in [1.54, 1.807) is 17.1 Å². The van der Waals surface area contributed by atoms with Crippen molar-refractivity contribution in [3.8, 4) is 0 Å². The lowest BCUT2D eigenvalue weighted by Gasteiger charge is -2.08. The Balaban J connectivity index is 2.38. The van der Waals surface area contributed by atoms with Gasteiger partial charge >= 0.3 is 0 Å². The first-order valence-corrected chi connectivity index (χ1v) is 6.48. The first-order valence-electron chi connectivity index (χ1n) is 4.86. The molecule has 0 aliphatic heterocycles. The average molecular weight is 230 g/mol. The second-order valence-corrected chi connectivity index (χ2v) is 5.43. The molecule has 1 aromatic rings. The second-order valence-electron chi connectivity index (χ2n) is 3.63. The van der Waals surface area contributed by atoms with E-state index in [4.69, 9.17) is 5.73 Å². The molecule has 0 amide bonds. The lowest BCUT2D eigenvalue weighted by molar-refractivity contribution is 0.672. The van der Waals surface area contributed by atoms with E-state index in [9.17, 15) is 4.21 Å². The number of rotatable bonds is 5. The van der Waals surface area contributed by atoms with E-state index >= 15 is 0 Å². The standard InChI is InChI=1S/C9H18N4OS/c1-7(15(3)14)4-5-11-9-8(10)6-13(2)12-9/h6-7H,4-5,10H2,1-3H3,(H,11,12). The Labute approximate surface area is 92.5 Å². The van der Waals surface area contributed by atoms with E-state index in [1.807, 2.05) is 14.0 Å². The van der Waals surface area contributed by atoms with Crippen LogP contribution >= 0.6 is 0 Å². The first kappa shape index (κ1) is 12.0. The van der Waals surface area contributed by atoms with Gasteiger partial charge in [-0.05, 0) is 6.42 Å². The number of hydrogen-bond donors (Lipinski definition) is 2. The summed E-state index contributed by atoms with van der Waals surface area (Å²) in [5, 5.41) is 7.48. The number of aryl methyl sites for hydroxylation is 1. The third-order valence-electron chi connectivity index (χ3n) is 2.27. The highest BCUT2D eigenvalue weighted by atomic mass is 32.2. The van der Waals surface area contributed by atoms with Crippen molar-refractivity contribution in [2.24, 2.45) is 7.05 Å². The topological polar surface area (TPSA) is 72.9 Å². The summed E-state index contributed by atoms with van der Waals surface area (Å²) in [6.07, 6.45) is 4.32. The molecule has 0 aliphatic rings. The normalized spacial score (nSPS) is 14.9. The number of nitrogens with one attached hydrogen (secondary N) is 1. The van der Waals surface area contributed by atoms with Crippen molar-refractivity contribution >= 4 is 22.3 Å². The molecule has 0 fully saturated rings. The van der Waals surface area contributed by atoms with Crippen molar-refractivity contribution in [3.63, 3.8) is 0 Å². The zero-order valence-corrected chi connectivity index (χ0v) is 10.2. The third-order valence-corrected chi connectivity index (χ3v) is 3.64. The molecule has 0 spiro atoms. The molecule has 3 N–H and O–H groups in total. The van der Waals surface area contributed by atoms with Crippen LogP contribution in [0.3, 0.4) is 0 Å². The van der Waals surface area contributed by atoms with Crippen LogP contribution in [-0.2, 0) is 17.8 Å². The summed E-state index contributed by atoms with van der Waals surface area (Å²) in [7, 11) is 1.06. The summed E-state index contributed by atoms with van der Waals surface area (Å²) in [5.74, 6) is 0.701. The molecule has 15 heavy (non-hydrogen) atoms. The van der Waals surface area contributed by atoms with E-state index < -0.39 is 10.8 Å². The molecule has 0 saturated heterocycles. The SMILES string of the molecule is CC(CCNc1nn(C)cc1N)S(C)=O. The van der Waals surface area contributed by atoms with Gasteiger partial charge in [0.15, 0.2) is 5.82 Å². The minimum Gasteiger partial charge on any atom is -0.394 e. The molecule has 86 valence electrons. The monoisotopic (exact) mass is 230 g/mol. The van der Waals surface area contributed by atoms with Gasteiger partial charge in [0, 0.05) is 42.1 Å². The zero-order valence-electron chi connectivity index (χ0n) is 9.36. The van der Waals surface area contributed by atoms with E-state index in [0.29, 0.717) is 11.5 Å². The van der Waals surface area contributed by atoms with Crippen LogP contribution in [0.2, 0.25) is 0 Å². The van der Waals surface area contributed by atoms with Crippen LogP contribution in [0.1, 0.15) is 13.3 Å². The fourth-order valence-corrected chi connectivity index (χ4v) is 1.65.